The SMILES string of the molecule is CCS(=O)(=O)Nc1ccc(C2=NN(S(=O)(=O)c3ccc(F)cc3)[C@H](c3ccc(OC)cc3)C2)cc1. The molecule has 0 aliphatic carbocycles. The second kappa shape index (κ2) is 9.67. The van der Waals surface area contributed by atoms with Gasteiger partial charge in [0, 0.05) is 12.1 Å². The number of rotatable bonds is 8. The average Bonchev–Trinajstić information content (AvgIpc) is 3.31. The largest absolute Gasteiger partial charge is 0.497 e. The standard InChI is InChI=1S/C24H24FN3O5S2/c1-3-34(29,30)27-20-10-4-17(5-11-20)23-16-24(18-6-12-21(33-2)13-7-18)28(26-23)35(31,32)22-14-8-19(25)9-15-22/h4-15,24,27H,3,16H2,1-2H3/t24-/m0/s1. The molecule has 1 heterocycles. The van der Waals surface area contributed by atoms with Crippen LogP contribution in [0.2, 0.25) is 0 Å². The summed E-state index contributed by atoms with van der Waals surface area (Å²) in [5, 5.41) is 4.45. The van der Waals surface area contributed by atoms with Crippen molar-refractivity contribution in [3.63, 3.8) is 0 Å². The fraction of sp³-hybridized carbons (Fsp3) is 0.208. The van der Waals surface area contributed by atoms with Crippen molar-refractivity contribution in [1.29, 1.82) is 0 Å². The molecule has 0 unspecified atom stereocenters. The second-order valence-electron chi connectivity index (χ2n) is 7.85. The molecule has 1 atom stereocenters. The minimum atomic E-state index is -4.09. The third-order valence-corrected chi connectivity index (χ3v) is 8.61. The highest BCUT2D eigenvalue weighted by molar-refractivity contribution is 7.92. The quantitative estimate of drug-likeness (QED) is 0.484. The van der Waals surface area contributed by atoms with Gasteiger partial charge in [-0.1, -0.05) is 24.3 Å². The first-order valence-corrected chi connectivity index (χ1v) is 13.8. The zero-order valence-corrected chi connectivity index (χ0v) is 20.7. The van der Waals surface area contributed by atoms with Gasteiger partial charge >= 0.3 is 0 Å². The highest BCUT2D eigenvalue weighted by Crippen LogP contribution is 2.37. The summed E-state index contributed by atoms with van der Waals surface area (Å²) in [7, 11) is -5.97. The number of nitrogens with one attached hydrogen (secondary N) is 1. The Bertz CT molecular complexity index is 1440. The Morgan fingerprint density at radius 2 is 1.60 bits per heavy atom. The van der Waals surface area contributed by atoms with Crippen molar-refractivity contribution < 1.29 is 26.0 Å². The number of anilines is 1. The molecule has 0 saturated carbocycles. The molecule has 1 aliphatic heterocycles. The smallest absolute Gasteiger partial charge is 0.279 e. The van der Waals surface area contributed by atoms with E-state index < -0.39 is 31.9 Å². The molecule has 0 fully saturated rings. The monoisotopic (exact) mass is 517 g/mol. The van der Waals surface area contributed by atoms with Crippen LogP contribution in [0, 0.1) is 5.82 Å². The van der Waals surface area contributed by atoms with Crippen LogP contribution in [0.15, 0.2) is 82.8 Å². The summed E-state index contributed by atoms with van der Waals surface area (Å²) >= 11 is 0. The van der Waals surface area contributed by atoms with E-state index in [1.807, 2.05) is 0 Å². The van der Waals surface area contributed by atoms with E-state index in [0.717, 1.165) is 16.5 Å². The molecule has 35 heavy (non-hydrogen) atoms. The van der Waals surface area contributed by atoms with Crippen molar-refractivity contribution in [2.45, 2.75) is 24.3 Å². The minimum Gasteiger partial charge on any atom is -0.497 e. The molecule has 11 heteroatoms. The van der Waals surface area contributed by atoms with Crippen LogP contribution >= 0.6 is 0 Å². The van der Waals surface area contributed by atoms with Gasteiger partial charge in [-0.2, -0.15) is 17.9 Å². The van der Waals surface area contributed by atoms with Gasteiger partial charge in [0.1, 0.15) is 11.6 Å². The van der Waals surface area contributed by atoms with Crippen LogP contribution in [0.3, 0.4) is 0 Å². The molecule has 0 saturated heterocycles. The van der Waals surface area contributed by atoms with E-state index >= 15 is 0 Å². The van der Waals surface area contributed by atoms with Crippen LogP contribution in [0.1, 0.15) is 30.5 Å². The first-order chi connectivity index (χ1) is 16.6. The van der Waals surface area contributed by atoms with Crippen molar-refractivity contribution in [2.24, 2.45) is 5.10 Å². The fourth-order valence-electron chi connectivity index (χ4n) is 3.66. The van der Waals surface area contributed by atoms with E-state index in [9.17, 15) is 21.2 Å². The molecule has 0 spiro atoms. The Hall–Kier alpha value is -3.44. The maximum absolute atomic E-state index is 13.5. The van der Waals surface area contributed by atoms with E-state index in [-0.39, 0.29) is 17.1 Å². The van der Waals surface area contributed by atoms with Crippen LogP contribution in [0.4, 0.5) is 10.1 Å². The molecule has 0 bridgehead atoms. The third kappa shape index (κ3) is 5.30. The Morgan fingerprint density at radius 3 is 2.17 bits per heavy atom. The van der Waals surface area contributed by atoms with Gasteiger partial charge in [-0.3, -0.25) is 4.72 Å². The van der Waals surface area contributed by atoms with Gasteiger partial charge in [-0.15, -0.1) is 0 Å². The predicted octanol–water partition coefficient (Wildman–Crippen LogP) is 4.14. The first kappa shape index (κ1) is 24.7. The third-order valence-electron chi connectivity index (χ3n) is 5.60. The van der Waals surface area contributed by atoms with E-state index in [0.29, 0.717) is 28.3 Å². The molecular weight excluding hydrogens is 493 g/mol. The predicted molar refractivity (Wildman–Crippen MR) is 132 cm³/mol. The summed E-state index contributed by atoms with van der Waals surface area (Å²) in [6, 6.07) is 17.6. The molecule has 184 valence electrons. The zero-order chi connectivity index (χ0) is 25.2. The number of halogens is 1. The van der Waals surface area contributed by atoms with Crippen LogP contribution in [-0.4, -0.2) is 39.8 Å². The summed E-state index contributed by atoms with van der Waals surface area (Å²) in [5.74, 6) is 0.0345. The van der Waals surface area contributed by atoms with Gasteiger partial charge in [0.05, 0.1) is 29.5 Å². The number of hydrazone groups is 1. The lowest BCUT2D eigenvalue weighted by Gasteiger charge is -2.23. The Labute approximate surface area is 204 Å². The highest BCUT2D eigenvalue weighted by atomic mass is 32.2. The lowest BCUT2D eigenvalue weighted by molar-refractivity contribution is 0.370. The number of ether oxygens (including phenoxy) is 1. The van der Waals surface area contributed by atoms with Gasteiger partial charge in [0.15, 0.2) is 0 Å². The number of sulfonamides is 2. The average molecular weight is 518 g/mol. The van der Waals surface area contributed by atoms with Gasteiger partial charge in [0.25, 0.3) is 10.0 Å². The van der Waals surface area contributed by atoms with Gasteiger partial charge in [-0.05, 0) is 66.6 Å². The summed E-state index contributed by atoms with van der Waals surface area (Å²) < 4.78 is 72.7. The molecular formula is C24H24FN3O5S2. The van der Waals surface area contributed by atoms with Crippen molar-refractivity contribution in [2.75, 3.05) is 17.6 Å². The number of hydrogen-bond acceptors (Lipinski definition) is 6. The van der Waals surface area contributed by atoms with E-state index in [2.05, 4.69) is 9.82 Å². The van der Waals surface area contributed by atoms with Crippen molar-refractivity contribution >= 4 is 31.4 Å². The molecule has 1 N–H and O–H groups in total. The molecule has 4 rings (SSSR count). The Kier molecular flexibility index (Phi) is 6.82. The lowest BCUT2D eigenvalue weighted by atomic mass is 9.99. The minimum absolute atomic E-state index is 0.0544. The van der Waals surface area contributed by atoms with Crippen molar-refractivity contribution in [3.05, 3.63) is 89.7 Å². The number of benzene rings is 3. The number of nitrogens with zero attached hydrogens (tertiary/aromatic N) is 2. The van der Waals surface area contributed by atoms with Crippen molar-refractivity contribution in [1.82, 2.24) is 4.41 Å². The van der Waals surface area contributed by atoms with Crippen LogP contribution < -0.4 is 9.46 Å². The Morgan fingerprint density at radius 1 is 0.971 bits per heavy atom. The molecule has 0 radical (unpaired) electrons. The van der Waals surface area contributed by atoms with E-state index in [1.165, 1.54) is 12.1 Å². The highest BCUT2D eigenvalue weighted by Gasteiger charge is 2.37. The Balaban J connectivity index is 1.71. The summed E-state index contributed by atoms with van der Waals surface area (Å²) in [6.07, 6.45) is 0.285. The maximum Gasteiger partial charge on any atom is 0.279 e. The molecule has 8 nitrogen and oxygen atoms in total. The fourth-order valence-corrected chi connectivity index (χ4v) is 5.73. The number of hydrogen-bond donors (Lipinski definition) is 1. The maximum atomic E-state index is 13.5. The van der Waals surface area contributed by atoms with Crippen LogP contribution in [-0.2, 0) is 20.0 Å². The van der Waals surface area contributed by atoms with E-state index in [4.69, 9.17) is 4.74 Å². The molecule has 3 aromatic rings. The normalized spacial score (nSPS) is 16.1. The molecule has 0 amide bonds. The summed E-state index contributed by atoms with van der Waals surface area (Å²) in [6.45, 7) is 1.54. The molecule has 0 aromatic heterocycles. The topological polar surface area (TPSA) is 105 Å². The zero-order valence-electron chi connectivity index (χ0n) is 19.0. The van der Waals surface area contributed by atoms with Crippen LogP contribution in [0.5, 0.6) is 5.75 Å². The van der Waals surface area contributed by atoms with Crippen molar-refractivity contribution in [3.8, 4) is 5.75 Å². The van der Waals surface area contributed by atoms with Gasteiger partial charge in [0.2, 0.25) is 10.0 Å². The summed E-state index contributed by atoms with van der Waals surface area (Å²) in [4.78, 5) is -0.0771. The second-order valence-corrected chi connectivity index (χ2v) is 11.7. The number of methoxy groups -OCH3 is 1. The molecule has 3 aromatic carbocycles. The summed E-state index contributed by atoms with van der Waals surface area (Å²) in [5.41, 5.74) is 2.28. The lowest BCUT2D eigenvalue weighted by Crippen LogP contribution is -2.27. The van der Waals surface area contributed by atoms with Crippen LogP contribution in [0.25, 0.3) is 0 Å². The first-order valence-electron chi connectivity index (χ1n) is 10.8. The molecule has 1 aliphatic rings. The van der Waals surface area contributed by atoms with Gasteiger partial charge < -0.3 is 4.74 Å². The van der Waals surface area contributed by atoms with E-state index in [1.54, 1.807) is 62.6 Å². The van der Waals surface area contributed by atoms with Gasteiger partial charge in [-0.25, -0.2) is 12.8 Å².